The Morgan fingerprint density at radius 3 is 2.65 bits per heavy atom. The first-order valence-corrected chi connectivity index (χ1v) is 7.23. The van der Waals surface area contributed by atoms with Gasteiger partial charge in [0.25, 0.3) is 0 Å². The number of carbonyl (C=O) groups is 1. The van der Waals surface area contributed by atoms with Gasteiger partial charge in [-0.3, -0.25) is 9.69 Å². The SMILES string of the molecule is CCN(CC)C1CCN(CC2CCCC2=O)C1. The Morgan fingerprint density at radius 2 is 2.06 bits per heavy atom. The lowest BCUT2D eigenvalue weighted by Crippen LogP contribution is -2.38. The van der Waals surface area contributed by atoms with E-state index in [-0.39, 0.29) is 0 Å². The Balaban J connectivity index is 1.79. The van der Waals surface area contributed by atoms with E-state index in [0.29, 0.717) is 11.7 Å². The summed E-state index contributed by atoms with van der Waals surface area (Å²) in [6, 6.07) is 0.724. The highest BCUT2D eigenvalue weighted by Gasteiger charge is 2.31. The van der Waals surface area contributed by atoms with Gasteiger partial charge in [0.05, 0.1) is 0 Å². The van der Waals surface area contributed by atoms with Crippen molar-refractivity contribution in [2.24, 2.45) is 5.92 Å². The summed E-state index contributed by atoms with van der Waals surface area (Å²) >= 11 is 0. The van der Waals surface area contributed by atoms with Crippen LogP contribution in [0.4, 0.5) is 0 Å². The highest BCUT2D eigenvalue weighted by atomic mass is 16.1. The quantitative estimate of drug-likeness (QED) is 0.729. The predicted molar refractivity (Wildman–Crippen MR) is 70.1 cm³/mol. The lowest BCUT2D eigenvalue weighted by molar-refractivity contribution is -0.121. The van der Waals surface area contributed by atoms with Crippen LogP contribution >= 0.6 is 0 Å². The Labute approximate surface area is 105 Å². The van der Waals surface area contributed by atoms with Crippen LogP contribution in [0.2, 0.25) is 0 Å². The summed E-state index contributed by atoms with van der Waals surface area (Å²) in [6.45, 7) is 10.2. The number of ketones is 1. The van der Waals surface area contributed by atoms with Gasteiger partial charge in [0, 0.05) is 31.5 Å². The first-order valence-electron chi connectivity index (χ1n) is 7.23. The molecule has 0 radical (unpaired) electrons. The van der Waals surface area contributed by atoms with Gasteiger partial charge in [-0.2, -0.15) is 0 Å². The monoisotopic (exact) mass is 238 g/mol. The highest BCUT2D eigenvalue weighted by molar-refractivity contribution is 5.83. The zero-order chi connectivity index (χ0) is 12.3. The molecule has 0 spiro atoms. The molecule has 1 saturated carbocycles. The van der Waals surface area contributed by atoms with E-state index >= 15 is 0 Å². The van der Waals surface area contributed by atoms with Crippen molar-refractivity contribution in [1.82, 2.24) is 9.80 Å². The van der Waals surface area contributed by atoms with Gasteiger partial charge in [-0.05, 0) is 38.9 Å². The van der Waals surface area contributed by atoms with E-state index in [1.807, 2.05) is 0 Å². The first kappa shape index (κ1) is 13.0. The molecule has 0 amide bonds. The second-order valence-electron chi connectivity index (χ2n) is 5.48. The molecule has 3 heteroatoms. The number of hydrogen-bond acceptors (Lipinski definition) is 3. The summed E-state index contributed by atoms with van der Waals surface area (Å²) < 4.78 is 0. The Morgan fingerprint density at radius 1 is 1.29 bits per heavy atom. The third-order valence-electron chi connectivity index (χ3n) is 4.49. The standard InChI is InChI=1S/C14H26N2O/c1-3-16(4-2)13-8-9-15(11-13)10-12-6-5-7-14(12)17/h12-13H,3-11H2,1-2H3. The van der Waals surface area contributed by atoms with Crippen LogP contribution in [0.25, 0.3) is 0 Å². The molecule has 2 unspecified atom stereocenters. The average molecular weight is 238 g/mol. The number of rotatable bonds is 5. The minimum Gasteiger partial charge on any atom is -0.301 e. The number of nitrogens with zero attached hydrogens (tertiary/aromatic N) is 2. The van der Waals surface area contributed by atoms with Crippen molar-refractivity contribution in [3.05, 3.63) is 0 Å². The Hall–Kier alpha value is -0.410. The number of hydrogen-bond donors (Lipinski definition) is 0. The molecule has 0 aromatic heterocycles. The molecule has 0 bridgehead atoms. The van der Waals surface area contributed by atoms with Gasteiger partial charge in [0.2, 0.25) is 0 Å². The molecule has 98 valence electrons. The summed E-state index contributed by atoms with van der Waals surface area (Å²) in [7, 11) is 0. The van der Waals surface area contributed by atoms with Crippen LogP contribution < -0.4 is 0 Å². The normalized spacial score (nSPS) is 30.6. The van der Waals surface area contributed by atoms with Crippen LogP contribution in [-0.4, -0.2) is 54.3 Å². The van der Waals surface area contributed by atoms with E-state index in [0.717, 1.165) is 44.9 Å². The minimum absolute atomic E-state index is 0.352. The zero-order valence-corrected chi connectivity index (χ0v) is 11.3. The fourth-order valence-electron chi connectivity index (χ4n) is 3.41. The maximum atomic E-state index is 11.7. The maximum Gasteiger partial charge on any atom is 0.137 e. The zero-order valence-electron chi connectivity index (χ0n) is 11.3. The van der Waals surface area contributed by atoms with Crippen LogP contribution in [0.5, 0.6) is 0 Å². The first-order chi connectivity index (χ1) is 8.24. The molecule has 0 aromatic rings. The van der Waals surface area contributed by atoms with Gasteiger partial charge in [-0.1, -0.05) is 13.8 Å². The molecule has 2 rings (SSSR count). The lowest BCUT2D eigenvalue weighted by Gasteiger charge is -2.26. The van der Waals surface area contributed by atoms with Crippen molar-refractivity contribution in [2.75, 3.05) is 32.7 Å². The molecule has 2 atom stereocenters. The van der Waals surface area contributed by atoms with Crippen molar-refractivity contribution < 1.29 is 4.79 Å². The van der Waals surface area contributed by atoms with E-state index in [4.69, 9.17) is 0 Å². The molecule has 1 aliphatic carbocycles. The molecule has 0 aromatic carbocycles. The molecule has 2 fully saturated rings. The van der Waals surface area contributed by atoms with Crippen LogP contribution in [0, 0.1) is 5.92 Å². The van der Waals surface area contributed by atoms with Crippen molar-refractivity contribution in [1.29, 1.82) is 0 Å². The van der Waals surface area contributed by atoms with Crippen molar-refractivity contribution >= 4 is 5.78 Å². The summed E-state index contributed by atoms with van der Waals surface area (Å²) in [5, 5.41) is 0. The van der Waals surface area contributed by atoms with Gasteiger partial charge in [-0.25, -0.2) is 0 Å². The number of likely N-dealkylation sites (N-methyl/N-ethyl adjacent to an activating group) is 1. The second kappa shape index (κ2) is 5.96. The summed E-state index contributed by atoms with van der Waals surface area (Å²) in [5.74, 6) is 0.863. The number of Topliss-reactive ketones (excluding diaryl/α,β-unsaturated/α-hetero) is 1. The Kier molecular flexibility index (Phi) is 4.57. The average Bonchev–Trinajstić information content (AvgIpc) is 2.92. The van der Waals surface area contributed by atoms with E-state index in [1.54, 1.807) is 0 Å². The topological polar surface area (TPSA) is 23.6 Å². The van der Waals surface area contributed by atoms with Gasteiger partial charge in [-0.15, -0.1) is 0 Å². The molecular formula is C14H26N2O. The fourth-order valence-corrected chi connectivity index (χ4v) is 3.41. The van der Waals surface area contributed by atoms with Crippen LogP contribution in [-0.2, 0) is 4.79 Å². The van der Waals surface area contributed by atoms with Gasteiger partial charge in [0.1, 0.15) is 5.78 Å². The fraction of sp³-hybridized carbons (Fsp3) is 0.929. The van der Waals surface area contributed by atoms with Crippen LogP contribution in [0.15, 0.2) is 0 Å². The molecule has 1 saturated heterocycles. The summed E-state index contributed by atoms with van der Waals surface area (Å²) in [6.07, 6.45) is 4.36. The van der Waals surface area contributed by atoms with E-state index in [9.17, 15) is 4.79 Å². The van der Waals surface area contributed by atoms with Crippen molar-refractivity contribution in [3.8, 4) is 0 Å². The maximum absolute atomic E-state index is 11.7. The molecular weight excluding hydrogens is 212 g/mol. The third-order valence-corrected chi connectivity index (χ3v) is 4.49. The van der Waals surface area contributed by atoms with Gasteiger partial charge in [0.15, 0.2) is 0 Å². The number of likely N-dealkylation sites (tertiary alicyclic amines) is 1. The van der Waals surface area contributed by atoms with Crippen LogP contribution in [0.3, 0.4) is 0 Å². The summed E-state index contributed by atoms with van der Waals surface area (Å²) in [5.41, 5.74) is 0. The largest absolute Gasteiger partial charge is 0.301 e. The smallest absolute Gasteiger partial charge is 0.137 e. The predicted octanol–water partition coefficient (Wildman–Crippen LogP) is 1.77. The minimum atomic E-state index is 0.352. The molecule has 0 N–H and O–H groups in total. The van der Waals surface area contributed by atoms with Gasteiger partial charge >= 0.3 is 0 Å². The molecule has 3 nitrogen and oxygen atoms in total. The molecule has 1 heterocycles. The highest BCUT2D eigenvalue weighted by Crippen LogP contribution is 2.24. The van der Waals surface area contributed by atoms with E-state index < -0.39 is 0 Å². The molecule has 2 aliphatic rings. The Bertz CT molecular complexity index is 263. The summed E-state index contributed by atoms with van der Waals surface area (Å²) in [4.78, 5) is 16.7. The molecule has 17 heavy (non-hydrogen) atoms. The van der Waals surface area contributed by atoms with E-state index in [1.165, 1.54) is 19.5 Å². The molecule has 1 aliphatic heterocycles. The van der Waals surface area contributed by atoms with E-state index in [2.05, 4.69) is 23.6 Å². The van der Waals surface area contributed by atoms with Crippen molar-refractivity contribution in [3.63, 3.8) is 0 Å². The van der Waals surface area contributed by atoms with Crippen LogP contribution in [0.1, 0.15) is 39.5 Å². The second-order valence-corrected chi connectivity index (χ2v) is 5.48. The van der Waals surface area contributed by atoms with Crippen molar-refractivity contribution in [2.45, 2.75) is 45.6 Å². The number of carbonyl (C=O) groups excluding carboxylic acids is 1. The third kappa shape index (κ3) is 3.08. The lowest BCUT2D eigenvalue weighted by atomic mass is 10.1. The van der Waals surface area contributed by atoms with Gasteiger partial charge < -0.3 is 4.90 Å².